The van der Waals surface area contributed by atoms with Gasteiger partial charge in [0.25, 0.3) is 0 Å². The van der Waals surface area contributed by atoms with Crippen LogP contribution in [0.1, 0.15) is 78.6 Å². The van der Waals surface area contributed by atoms with Crippen molar-refractivity contribution in [3.05, 3.63) is 0 Å². The number of rotatable bonds is 12. The molecule has 0 unspecified atom stereocenters. The van der Waals surface area contributed by atoms with Crippen LogP contribution in [-0.2, 0) is 75.9 Å². The quantitative estimate of drug-likeness (QED) is 0.262. The molecule has 59 heavy (non-hydrogen) atoms. The molecular formula is C43H70O16. The van der Waals surface area contributed by atoms with Crippen LogP contribution in [-0.4, -0.2) is 166 Å². The normalized spacial score (nSPS) is 48.5. The van der Waals surface area contributed by atoms with Crippen molar-refractivity contribution in [1.29, 1.82) is 0 Å². The number of methoxy groups -OCH3 is 6. The highest BCUT2D eigenvalue weighted by atomic mass is 16.7. The minimum absolute atomic E-state index is 0.0472. The Labute approximate surface area is 349 Å². The summed E-state index contributed by atoms with van der Waals surface area (Å²) < 4.78 is 86.4. The second kappa shape index (κ2) is 20.3. The van der Waals surface area contributed by atoms with Crippen molar-refractivity contribution in [1.82, 2.24) is 0 Å². The van der Waals surface area contributed by atoms with Gasteiger partial charge in [-0.15, -0.1) is 0 Å². The molecule has 7 aliphatic rings. The largest absolute Gasteiger partial charge is 0.462 e. The zero-order chi connectivity index (χ0) is 42.0. The summed E-state index contributed by atoms with van der Waals surface area (Å²) in [6, 6.07) is 0. The monoisotopic (exact) mass is 842 g/mol. The number of ether oxygens (including phenoxy) is 14. The fraction of sp³-hybridized carbons (Fsp3) is 0.953. The lowest BCUT2D eigenvalue weighted by molar-refractivity contribution is -0.309. The van der Waals surface area contributed by atoms with Gasteiger partial charge in [-0.05, 0) is 36.5 Å². The Bertz CT molecular complexity index is 1360. The van der Waals surface area contributed by atoms with Crippen LogP contribution in [0, 0.1) is 29.6 Å². The average molecular weight is 843 g/mol. The first-order valence-electron chi connectivity index (χ1n) is 21.9. The van der Waals surface area contributed by atoms with Gasteiger partial charge in [-0.2, -0.15) is 0 Å². The highest BCUT2D eigenvalue weighted by molar-refractivity contribution is 5.71. The van der Waals surface area contributed by atoms with E-state index >= 15 is 0 Å². The Balaban J connectivity index is 1.11. The fourth-order valence-corrected chi connectivity index (χ4v) is 10.4. The summed E-state index contributed by atoms with van der Waals surface area (Å²) in [5.41, 5.74) is 0. The van der Waals surface area contributed by atoms with Crippen molar-refractivity contribution in [2.75, 3.05) is 55.9 Å². The molecule has 338 valence electrons. The van der Waals surface area contributed by atoms with E-state index in [4.69, 9.17) is 66.3 Å². The summed E-state index contributed by atoms with van der Waals surface area (Å²) in [5, 5.41) is 0. The van der Waals surface area contributed by atoms with E-state index in [-0.39, 0.29) is 105 Å². The number of carbonyl (C=O) groups excluding carboxylic acids is 2. The van der Waals surface area contributed by atoms with Crippen LogP contribution >= 0.6 is 0 Å². The van der Waals surface area contributed by atoms with Crippen LogP contribution in [0.15, 0.2) is 0 Å². The number of esters is 2. The third-order valence-electron chi connectivity index (χ3n) is 14.2. The predicted molar refractivity (Wildman–Crippen MR) is 207 cm³/mol. The van der Waals surface area contributed by atoms with Crippen molar-refractivity contribution >= 4 is 11.9 Å². The van der Waals surface area contributed by atoms with Gasteiger partial charge < -0.3 is 66.3 Å². The molecule has 16 heteroatoms. The molecule has 5 saturated heterocycles. The lowest BCUT2D eigenvalue weighted by atomic mass is 9.86. The van der Waals surface area contributed by atoms with E-state index in [1.54, 1.807) is 42.7 Å². The Hall–Kier alpha value is -1.54. The first kappa shape index (κ1) is 45.5. The molecule has 0 N–H and O–H groups in total. The summed E-state index contributed by atoms with van der Waals surface area (Å²) in [6.45, 7) is 6.95. The average Bonchev–Trinajstić information content (AvgIpc) is 4.14. The zero-order valence-electron chi connectivity index (χ0n) is 36.4. The first-order chi connectivity index (χ1) is 28.5. The summed E-state index contributed by atoms with van der Waals surface area (Å²) in [6.07, 6.45) is -2.64. The zero-order valence-corrected chi connectivity index (χ0v) is 36.4. The number of hydrogen-bond acceptors (Lipinski definition) is 16. The smallest absolute Gasteiger partial charge is 0.308 e. The molecule has 2 aliphatic carbocycles. The highest BCUT2D eigenvalue weighted by Crippen LogP contribution is 2.47. The van der Waals surface area contributed by atoms with Crippen LogP contribution in [0.25, 0.3) is 0 Å². The Morgan fingerprint density at radius 2 is 0.949 bits per heavy atom. The molecule has 5 heterocycles. The van der Waals surface area contributed by atoms with E-state index in [1.165, 1.54) is 0 Å². The Kier molecular flexibility index (Phi) is 15.7. The molecule has 0 amide bonds. The van der Waals surface area contributed by atoms with Crippen molar-refractivity contribution < 1.29 is 75.9 Å². The first-order valence-corrected chi connectivity index (χ1v) is 21.9. The number of cyclic esters (lactones) is 2. The fourth-order valence-electron chi connectivity index (χ4n) is 10.4. The molecule has 0 aromatic rings. The van der Waals surface area contributed by atoms with E-state index in [9.17, 15) is 9.59 Å². The number of carbonyl (C=O) groups is 2. The molecule has 4 bridgehead atoms. The second-order valence-electron chi connectivity index (χ2n) is 18.1. The van der Waals surface area contributed by atoms with Gasteiger partial charge in [-0.1, -0.05) is 20.8 Å². The Morgan fingerprint density at radius 3 is 1.44 bits per heavy atom. The van der Waals surface area contributed by atoms with Crippen molar-refractivity contribution in [2.24, 2.45) is 29.6 Å². The summed E-state index contributed by atoms with van der Waals surface area (Å²) in [5.74, 6) is 0.379. The third kappa shape index (κ3) is 10.8. The maximum absolute atomic E-state index is 14.1. The second-order valence-corrected chi connectivity index (χ2v) is 18.1. The van der Waals surface area contributed by atoms with Gasteiger partial charge in [0, 0.05) is 80.7 Å². The van der Waals surface area contributed by atoms with Crippen LogP contribution in [0.5, 0.6) is 0 Å². The van der Waals surface area contributed by atoms with E-state index in [0.29, 0.717) is 43.9 Å². The van der Waals surface area contributed by atoms with Crippen LogP contribution in [0.2, 0.25) is 0 Å². The van der Waals surface area contributed by atoms with Gasteiger partial charge in [0.1, 0.15) is 48.8 Å². The van der Waals surface area contributed by atoms with Gasteiger partial charge >= 0.3 is 11.9 Å². The molecule has 16 nitrogen and oxygen atoms in total. The van der Waals surface area contributed by atoms with Gasteiger partial charge in [-0.3, -0.25) is 9.59 Å². The summed E-state index contributed by atoms with van der Waals surface area (Å²) in [4.78, 5) is 28.0. The highest BCUT2D eigenvalue weighted by Gasteiger charge is 2.51. The molecule has 21 atom stereocenters. The molecule has 2 saturated carbocycles. The summed E-state index contributed by atoms with van der Waals surface area (Å²) >= 11 is 0. The topological polar surface area (TPSA) is 163 Å². The van der Waals surface area contributed by atoms with E-state index in [0.717, 1.165) is 12.8 Å². The molecule has 0 spiro atoms. The molecule has 5 aliphatic heterocycles. The van der Waals surface area contributed by atoms with E-state index < -0.39 is 49.2 Å². The SMILES string of the molecule is CO[C@@H]1[C@@H](OC)[C@H](O[C@@H]2C[C@@H]3CC(=O)O[C@H]([C@H]4C[C@@H]4C)C[C@H]4C[C@H](O[C@@H]5OC[C@@H](OC)[C@H](OC)[C@H]5OC)[C@@H](C)[C@H](CC(=O)O[C@H]([C@H]5C[C@@H]5C)C[C@H](C2)O3)O4)OC[C@H]1OC. The summed E-state index contributed by atoms with van der Waals surface area (Å²) in [7, 11) is 9.69. The van der Waals surface area contributed by atoms with Crippen LogP contribution < -0.4 is 0 Å². The number of fused-ring (bicyclic) bond motifs is 4. The maximum Gasteiger partial charge on any atom is 0.308 e. The van der Waals surface area contributed by atoms with Crippen molar-refractivity contribution in [2.45, 2.75) is 177 Å². The molecule has 0 aromatic heterocycles. The van der Waals surface area contributed by atoms with E-state index in [2.05, 4.69) is 13.8 Å². The van der Waals surface area contributed by atoms with Crippen LogP contribution in [0.4, 0.5) is 0 Å². The minimum Gasteiger partial charge on any atom is -0.462 e. The number of hydrogen-bond donors (Lipinski definition) is 0. The van der Waals surface area contributed by atoms with Gasteiger partial charge in [0.05, 0.1) is 62.7 Å². The molecule has 0 aromatic carbocycles. The van der Waals surface area contributed by atoms with Gasteiger partial charge in [0.15, 0.2) is 12.6 Å². The molecule has 7 fully saturated rings. The lowest BCUT2D eigenvalue weighted by Crippen LogP contribution is -2.58. The minimum atomic E-state index is -0.730. The van der Waals surface area contributed by atoms with Gasteiger partial charge in [-0.25, -0.2) is 0 Å². The maximum atomic E-state index is 14.1. The van der Waals surface area contributed by atoms with Crippen LogP contribution in [0.3, 0.4) is 0 Å². The van der Waals surface area contributed by atoms with Crippen molar-refractivity contribution in [3.8, 4) is 0 Å². The standard InChI is InChI=1S/C43H70O16/c1-21-10-28(21)32-15-25-12-24(56-42-40(50-8)38(48-6)34(46-4)19-52-42)13-26(54-25)17-36(44)57-33(29-11-22(29)2)16-27-14-30(23(3)31(55-27)18-37(45)58-32)59-43-41(51-9)39(49-7)35(47-5)20-53-43/h21-35,38-43H,10-20H2,1-9H3/t21-,22-,23+,24-,25-,26+,27+,28-,29-,30-,31-,32-,33-,34+,35+,38-,39-,40+,41+,42-,43-/m0/s1. The van der Waals surface area contributed by atoms with Crippen molar-refractivity contribution in [3.63, 3.8) is 0 Å². The Morgan fingerprint density at radius 1 is 0.475 bits per heavy atom. The molecule has 0 radical (unpaired) electrons. The van der Waals surface area contributed by atoms with Gasteiger partial charge in [0.2, 0.25) is 0 Å². The predicted octanol–water partition coefficient (Wildman–Crippen LogP) is 3.61. The lowest BCUT2D eigenvalue weighted by Gasteiger charge is -2.45. The third-order valence-corrected chi connectivity index (χ3v) is 14.2. The van der Waals surface area contributed by atoms with E-state index in [1.807, 2.05) is 6.92 Å². The molecular weight excluding hydrogens is 772 g/mol. The molecule has 7 rings (SSSR count).